The summed E-state index contributed by atoms with van der Waals surface area (Å²) in [7, 11) is 0. The highest BCUT2D eigenvalue weighted by Crippen LogP contribution is 2.39. The van der Waals surface area contributed by atoms with Gasteiger partial charge in [-0.2, -0.15) is 0 Å². The Bertz CT molecular complexity index is 2340. The van der Waals surface area contributed by atoms with Crippen LogP contribution in [0.3, 0.4) is 0 Å². The van der Waals surface area contributed by atoms with Crippen LogP contribution < -0.4 is 9.47 Å². The smallest absolute Gasteiger partial charge is 0.246 e. The zero-order chi connectivity index (χ0) is 38.3. The summed E-state index contributed by atoms with van der Waals surface area (Å²) in [6, 6.07) is 51.3. The van der Waals surface area contributed by atoms with E-state index in [-0.39, 0.29) is 23.7 Å². The van der Waals surface area contributed by atoms with Crippen LogP contribution >= 0.6 is 0 Å². The van der Waals surface area contributed by atoms with Gasteiger partial charge in [-0.25, -0.2) is 0 Å². The third-order valence-corrected chi connectivity index (χ3v) is 10.8. The normalized spacial score (nSPS) is 16.1. The van der Waals surface area contributed by atoms with Gasteiger partial charge in [0, 0.05) is 49.7 Å². The van der Waals surface area contributed by atoms with Crippen molar-refractivity contribution in [3.8, 4) is 11.5 Å². The summed E-state index contributed by atoms with van der Waals surface area (Å²) in [5, 5.41) is 0. The molecule has 0 radical (unpaired) electrons. The highest BCUT2D eigenvalue weighted by molar-refractivity contribution is 5.92. The van der Waals surface area contributed by atoms with E-state index in [0.29, 0.717) is 45.1 Å². The molecule has 2 aliphatic rings. The number of amides is 2. The van der Waals surface area contributed by atoms with Crippen LogP contribution in [0.2, 0.25) is 0 Å². The summed E-state index contributed by atoms with van der Waals surface area (Å²) in [5.41, 5.74) is 9.62. The highest BCUT2D eigenvalue weighted by Gasteiger charge is 2.31. The third kappa shape index (κ3) is 8.20. The minimum Gasteiger partial charge on any atom is -0.489 e. The molecule has 0 saturated carbocycles. The highest BCUT2D eigenvalue weighted by atomic mass is 16.5. The SMILES string of the molecule is C=CC(=O)N1Cc2cc(OCc3ccccc3)c(/C=C\C(=O)N3Cc4cc(OCc5ccccc5)ccc4[C@@H](c4ccccc4)C3)cc2[C@H](c2ccccc2)C1. The molecule has 2 atom stereocenters. The molecule has 0 aromatic heterocycles. The summed E-state index contributed by atoms with van der Waals surface area (Å²) in [6.45, 7) is 6.58. The molecule has 6 aromatic rings. The number of nitrogens with zero attached hydrogens (tertiary/aromatic N) is 2. The van der Waals surface area contributed by atoms with Gasteiger partial charge in [0.1, 0.15) is 24.7 Å². The summed E-state index contributed by atoms with van der Waals surface area (Å²) < 4.78 is 12.7. The molecule has 6 nitrogen and oxygen atoms in total. The topological polar surface area (TPSA) is 59.1 Å². The van der Waals surface area contributed by atoms with E-state index in [4.69, 9.17) is 9.47 Å². The Kier molecular flexibility index (Phi) is 10.9. The maximum atomic E-state index is 14.3. The first-order valence-electron chi connectivity index (χ1n) is 19.1. The maximum absolute atomic E-state index is 14.3. The van der Waals surface area contributed by atoms with Crippen molar-refractivity contribution in [3.05, 3.63) is 220 Å². The lowest BCUT2D eigenvalue weighted by Gasteiger charge is -2.35. The van der Waals surface area contributed by atoms with E-state index in [1.54, 1.807) is 6.08 Å². The Morgan fingerprint density at radius 3 is 1.70 bits per heavy atom. The van der Waals surface area contributed by atoms with Crippen molar-refractivity contribution in [2.75, 3.05) is 13.1 Å². The van der Waals surface area contributed by atoms with Crippen molar-refractivity contribution in [2.45, 2.75) is 38.1 Å². The fourth-order valence-electron chi connectivity index (χ4n) is 7.85. The van der Waals surface area contributed by atoms with Crippen molar-refractivity contribution < 1.29 is 19.1 Å². The van der Waals surface area contributed by atoms with Crippen molar-refractivity contribution >= 4 is 17.9 Å². The largest absolute Gasteiger partial charge is 0.489 e. The minimum atomic E-state index is -0.107. The van der Waals surface area contributed by atoms with Crippen LogP contribution in [0.5, 0.6) is 11.5 Å². The van der Waals surface area contributed by atoms with Crippen molar-refractivity contribution in [2.24, 2.45) is 0 Å². The van der Waals surface area contributed by atoms with E-state index in [0.717, 1.165) is 50.3 Å². The fourth-order valence-corrected chi connectivity index (χ4v) is 7.85. The van der Waals surface area contributed by atoms with Crippen LogP contribution in [-0.2, 0) is 35.9 Å². The number of ether oxygens (including phenoxy) is 2. The number of rotatable bonds is 11. The van der Waals surface area contributed by atoms with E-state index >= 15 is 0 Å². The Balaban J connectivity index is 1.12. The Hall–Kier alpha value is -6.66. The van der Waals surface area contributed by atoms with Crippen molar-refractivity contribution in [1.29, 1.82) is 0 Å². The molecule has 0 saturated heterocycles. The van der Waals surface area contributed by atoms with Gasteiger partial charge in [-0.15, -0.1) is 0 Å². The van der Waals surface area contributed by atoms with Crippen LogP contribution in [0.15, 0.2) is 170 Å². The maximum Gasteiger partial charge on any atom is 0.246 e. The minimum absolute atomic E-state index is 0.0156. The van der Waals surface area contributed by atoms with Gasteiger partial charge in [-0.1, -0.05) is 134 Å². The number of hydrogen-bond donors (Lipinski definition) is 0. The molecular formula is C50H44N2O4. The zero-order valence-electron chi connectivity index (χ0n) is 31.3. The molecular weight excluding hydrogens is 693 g/mol. The van der Waals surface area contributed by atoms with Gasteiger partial charge in [0.15, 0.2) is 0 Å². The standard InChI is InChI=1S/C50H44N2O4/c1-2-49(53)51-31-42-29-48(56-35-37-17-9-4-10-18-37)40(28-45(42)47(33-51)39-21-13-6-14-22-39)23-26-50(54)52-30-41-27-43(55-34-36-15-7-3-8-16-36)24-25-44(41)46(32-52)38-19-11-5-12-20-38/h2-29,46-47H,1,30-35H2/b26-23-/t46-,47+/m1/s1. The first-order valence-corrected chi connectivity index (χ1v) is 19.1. The molecule has 0 N–H and O–H groups in total. The molecule has 2 amide bonds. The average molecular weight is 737 g/mol. The Morgan fingerprint density at radius 1 is 0.589 bits per heavy atom. The first-order chi connectivity index (χ1) is 27.5. The number of benzene rings is 6. The molecule has 0 bridgehead atoms. The summed E-state index contributed by atoms with van der Waals surface area (Å²) >= 11 is 0. The second-order valence-electron chi connectivity index (χ2n) is 14.4. The lowest BCUT2D eigenvalue weighted by molar-refractivity contribution is -0.127. The second kappa shape index (κ2) is 16.8. The molecule has 0 fully saturated rings. The summed E-state index contributed by atoms with van der Waals surface area (Å²) in [4.78, 5) is 31.0. The molecule has 56 heavy (non-hydrogen) atoms. The van der Waals surface area contributed by atoms with Crippen LogP contribution in [0.25, 0.3) is 6.08 Å². The van der Waals surface area contributed by atoms with E-state index in [2.05, 4.69) is 73.3 Å². The van der Waals surface area contributed by atoms with E-state index in [1.807, 2.05) is 101 Å². The summed E-state index contributed by atoms with van der Waals surface area (Å²) in [6.07, 6.45) is 4.94. The number of fused-ring (bicyclic) bond motifs is 2. The molecule has 2 heterocycles. The van der Waals surface area contributed by atoms with Gasteiger partial charge >= 0.3 is 0 Å². The molecule has 278 valence electrons. The van der Waals surface area contributed by atoms with E-state index in [9.17, 15) is 9.59 Å². The lowest BCUT2D eigenvalue weighted by Crippen LogP contribution is -2.38. The van der Waals surface area contributed by atoms with Crippen LogP contribution in [-0.4, -0.2) is 34.7 Å². The van der Waals surface area contributed by atoms with Crippen LogP contribution in [0.4, 0.5) is 0 Å². The average Bonchev–Trinajstić information content (AvgIpc) is 3.26. The molecule has 8 rings (SSSR count). The first kappa shape index (κ1) is 36.3. The zero-order valence-corrected chi connectivity index (χ0v) is 31.3. The molecule has 0 aliphatic carbocycles. The number of carbonyl (C=O) groups is 2. The van der Waals surface area contributed by atoms with Gasteiger partial charge in [-0.3, -0.25) is 9.59 Å². The van der Waals surface area contributed by atoms with Crippen molar-refractivity contribution in [1.82, 2.24) is 9.80 Å². The Labute approximate surface area is 329 Å². The van der Waals surface area contributed by atoms with Crippen LogP contribution in [0, 0.1) is 0 Å². The van der Waals surface area contributed by atoms with Gasteiger partial charge < -0.3 is 19.3 Å². The number of hydrogen-bond acceptors (Lipinski definition) is 4. The predicted octanol–water partition coefficient (Wildman–Crippen LogP) is 9.69. The number of carbonyl (C=O) groups excluding carboxylic acids is 2. The second-order valence-corrected chi connectivity index (χ2v) is 14.4. The monoisotopic (exact) mass is 736 g/mol. The van der Waals surface area contributed by atoms with E-state index in [1.165, 1.54) is 11.6 Å². The molecule has 6 aromatic carbocycles. The van der Waals surface area contributed by atoms with Crippen molar-refractivity contribution in [3.63, 3.8) is 0 Å². The molecule has 6 heteroatoms. The quantitative estimate of drug-likeness (QED) is 0.124. The molecule has 0 unspecified atom stereocenters. The summed E-state index contributed by atoms with van der Waals surface area (Å²) in [5.74, 6) is 1.20. The van der Waals surface area contributed by atoms with Gasteiger partial charge in [0.2, 0.25) is 11.8 Å². The van der Waals surface area contributed by atoms with Gasteiger partial charge in [0.05, 0.1) is 0 Å². The molecule has 0 spiro atoms. The van der Waals surface area contributed by atoms with Gasteiger partial charge in [0.25, 0.3) is 0 Å². The predicted molar refractivity (Wildman–Crippen MR) is 221 cm³/mol. The van der Waals surface area contributed by atoms with Crippen LogP contribution in [0.1, 0.15) is 61.9 Å². The van der Waals surface area contributed by atoms with E-state index < -0.39 is 0 Å². The molecule has 2 aliphatic heterocycles. The van der Waals surface area contributed by atoms with Gasteiger partial charge in [-0.05, 0) is 80.9 Å². The fraction of sp³-hybridized carbons (Fsp3) is 0.160. The Morgan fingerprint density at radius 2 is 1.11 bits per heavy atom. The lowest BCUT2D eigenvalue weighted by atomic mass is 9.83. The third-order valence-electron chi connectivity index (χ3n) is 10.8.